The van der Waals surface area contributed by atoms with Crippen molar-refractivity contribution in [2.45, 2.75) is 25.5 Å². The van der Waals surface area contributed by atoms with Crippen LogP contribution in [-0.4, -0.2) is 43.3 Å². The van der Waals surface area contributed by atoms with E-state index in [1.165, 1.54) is 12.0 Å². The molecule has 0 aliphatic carbocycles. The minimum Gasteiger partial charge on any atom is -0.488 e. The van der Waals surface area contributed by atoms with Gasteiger partial charge in [0, 0.05) is 25.7 Å². The summed E-state index contributed by atoms with van der Waals surface area (Å²) in [6, 6.07) is 8.91. The molecule has 1 aromatic carbocycles. The van der Waals surface area contributed by atoms with Crippen LogP contribution in [0.4, 0.5) is 0 Å². The van der Waals surface area contributed by atoms with Crippen molar-refractivity contribution in [2.75, 3.05) is 26.3 Å². The third kappa shape index (κ3) is 2.45. The van der Waals surface area contributed by atoms with E-state index in [0.29, 0.717) is 12.1 Å². The molecule has 0 aromatic heterocycles. The second-order valence-electron chi connectivity index (χ2n) is 5.03. The Morgan fingerprint density at radius 3 is 2.94 bits per heavy atom. The summed E-state index contributed by atoms with van der Waals surface area (Å²) in [6.07, 6.45) is 1.54. The Hall–Kier alpha value is -1.06. The molecule has 1 atom stereocenters. The van der Waals surface area contributed by atoms with Crippen LogP contribution in [0.3, 0.4) is 0 Å². The fourth-order valence-corrected chi connectivity index (χ4v) is 2.53. The van der Waals surface area contributed by atoms with Gasteiger partial charge in [0.25, 0.3) is 0 Å². The maximum atomic E-state index is 5.94. The average Bonchev–Trinajstić information content (AvgIpc) is 2.76. The lowest BCUT2D eigenvalue weighted by Crippen LogP contribution is -2.57. The summed E-state index contributed by atoms with van der Waals surface area (Å²) in [5, 5.41) is 0. The molecule has 92 valence electrons. The standard InChI is InChI=1S/C14H19NO2/c1-11-3-2-4-13(7-11)17-14-8-15(9-14)12-5-6-16-10-12/h2-4,7,12,14H,5-6,8-10H2,1H3. The van der Waals surface area contributed by atoms with Crippen LogP contribution >= 0.6 is 0 Å². The molecule has 2 aliphatic rings. The highest BCUT2D eigenvalue weighted by Crippen LogP contribution is 2.23. The van der Waals surface area contributed by atoms with Crippen molar-refractivity contribution in [3.05, 3.63) is 29.8 Å². The van der Waals surface area contributed by atoms with Crippen LogP contribution in [-0.2, 0) is 4.74 Å². The summed E-state index contributed by atoms with van der Waals surface area (Å²) in [5.41, 5.74) is 1.25. The average molecular weight is 233 g/mol. The van der Waals surface area contributed by atoms with Crippen LogP contribution < -0.4 is 4.74 Å². The van der Waals surface area contributed by atoms with Crippen LogP contribution in [0.5, 0.6) is 5.75 Å². The number of nitrogens with zero attached hydrogens (tertiary/aromatic N) is 1. The zero-order chi connectivity index (χ0) is 11.7. The topological polar surface area (TPSA) is 21.7 Å². The maximum absolute atomic E-state index is 5.94. The van der Waals surface area contributed by atoms with Crippen molar-refractivity contribution < 1.29 is 9.47 Å². The van der Waals surface area contributed by atoms with Crippen molar-refractivity contribution in [2.24, 2.45) is 0 Å². The molecular formula is C14H19NO2. The molecule has 0 amide bonds. The van der Waals surface area contributed by atoms with E-state index in [1.807, 2.05) is 12.1 Å². The Balaban J connectivity index is 1.49. The Morgan fingerprint density at radius 2 is 2.24 bits per heavy atom. The SMILES string of the molecule is Cc1cccc(OC2CN(C3CCOC3)C2)c1. The highest BCUT2D eigenvalue weighted by Gasteiger charge is 2.35. The molecule has 0 spiro atoms. The zero-order valence-electron chi connectivity index (χ0n) is 10.3. The summed E-state index contributed by atoms with van der Waals surface area (Å²) >= 11 is 0. The third-order valence-electron chi connectivity index (χ3n) is 3.59. The minimum atomic E-state index is 0.359. The first-order valence-corrected chi connectivity index (χ1v) is 6.36. The van der Waals surface area contributed by atoms with E-state index in [0.717, 1.165) is 32.1 Å². The Morgan fingerprint density at radius 1 is 1.35 bits per heavy atom. The van der Waals surface area contributed by atoms with Crippen LogP contribution in [0.2, 0.25) is 0 Å². The fraction of sp³-hybridized carbons (Fsp3) is 0.571. The summed E-state index contributed by atoms with van der Waals surface area (Å²) in [7, 11) is 0. The van der Waals surface area contributed by atoms with E-state index in [9.17, 15) is 0 Å². The molecule has 17 heavy (non-hydrogen) atoms. The van der Waals surface area contributed by atoms with Crippen LogP contribution in [0.25, 0.3) is 0 Å². The summed E-state index contributed by atoms with van der Waals surface area (Å²) in [5.74, 6) is 0.998. The van der Waals surface area contributed by atoms with Crippen molar-refractivity contribution >= 4 is 0 Å². The van der Waals surface area contributed by atoms with Gasteiger partial charge in [-0.3, -0.25) is 4.90 Å². The number of hydrogen-bond donors (Lipinski definition) is 0. The largest absolute Gasteiger partial charge is 0.488 e. The van der Waals surface area contributed by atoms with Gasteiger partial charge < -0.3 is 9.47 Å². The first kappa shape index (κ1) is 11.1. The summed E-state index contributed by atoms with van der Waals surface area (Å²) in [4.78, 5) is 2.47. The zero-order valence-corrected chi connectivity index (χ0v) is 10.3. The molecule has 3 nitrogen and oxygen atoms in total. The Bertz CT molecular complexity index is 382. The first-order chi connectivity index (χ1) is 8.31. The normalized spacial score (nSPS) is 25.8. The number of rotatable bonds is 3. The molecule has 2 heterocycles. The van der Waals surface area contributed by atoms with Crippen molar-refractivity contribution in [3.63, 3.8) is 0 Å². The summed E-state index contributed by atoms with van der Waals surface area (Å²) < 4.78 is 11.3. The molecule has 3 heteroatoms. The number of aryl methyl sites for hydroxylation is 1. The van der Waals surface area contributed by atoms with Gasteiger partial charge >= 0.3 is 0 Å². The molecule has 0 radical (unpaired) electrons. The number of benzene rings is 1. The van der Waals surface area contributed by atoms with Gasteiger partial charge in [0.2, 0.25) is 0 Å². The summed E-state index contributed by atoms with van der Waals surface area (Å²) in [6.45, 7) is 6.00. The van der Waals surface area contributed by atoms with E-state index in [4.69, 9.17) is 9.47 Å². The number of ether oxygens (including phenoxy) is 2. The van der Waals surface area contributed by atoms with Gasteiger partial charge in [-0.2, -0.15) is 0 Å². The maximum Gasteiger partial charge on any atom is 0.124 e. The van der Waals surface area contributed by atoms with E-state index in [1.54, 1.807) is 0 Å². The molecule has 0 N–H and O–H groups in total. The van der Waals surface area contributed by atoms with Gasteiger partial charge in [-0.1, -0.05) is 12.1 Å². The van der Waals surface area contributed by atoms with Crippen LogP contribution in [0.15, 0.2) is 24.3 Å². The molecule has 2 aliphatic heterocycles. The lowest BCUT2D eigenvalue weighted by molar-refractivity contribution is -0.0113. The quantitative estimate of drug-likeness (QED) is 0.795. The van der Waals surface area contributed by atoms with Gasteiger partial charge in [0.1, 0.15) is 11.9 Å². The lowest BCUT2D eigenvalue weighted by atomic mass is 10.1. The van der Waals surface area contributed by atoms with Crippen LogP contribution in [0.1, 0.15) is 12.0 Å². The van der Waals surface area contributed by atoms with E-state index < -0.39 is 0 Å². The molecule has 1 unspecified atom stereocenters. The number of likely N-dealkylation sites (tertiary alicyclic amines) is 1. The molecule has 3 rings (SSSR count). The number of hydrogen-bond acceptors (Lipinski definition) is 3. The smallest absolute Gasteiger partial charge is 0.124 e. The van der Waals surface area contributed by atoms with E-state index in [-0.39, 0.29) is 0 Å². The molecule has 2 fully saturated rings. The second-order valence-corrected chi connectivity index (χ2v) is 5.03. The van der Waals surface area contributed by atoms with Gasteiger partial charge in [-0.05, 0) is 31.0 Å². The van der Waals surface area contributed by atoms with Crippen LogP contribution in [0, 0.1) is 6.92 Å². The molecule has 0 bridgehead atoms. The Labute approximate surface area is 102 Å². The van der Waals surface area contributed by atoms with E-state index in [2.05, 4.69) is 24.0 Å². The van der Waals surface area contributed by atoms with Crippen molar-refractivity contribution in [1.29, 1.82) is 0 Å². The molecule has 1 aromatic rings. The second kappa shape index (κ2) is 4.67. The van der Waals surface area contributed by atoms with E-state index >= 15 is 0 Å². The fourth-order valence-electron chi connectivity index (χ4n) is 2.53. The predicted octanol–water partition coefficient (Wildman–Crippen LogP) is 1.85. The third-order valence-corrected chi connectivity index (χ3v) is 3.59. The van der Waals surface area contributed by atoms with Crippen molar-refractivity contribution in [1.82, 2.24) is 4.90 Å². The van der Waals surface area contributed by atoms with Gasteiger partial charge in [0.15, 0.2) is 0 Å². The molecular weight excluding hydrogens is 214 g/mol. The highest BCUT2D eigenvalue weighted by atomic mass is 16.5. The first-order valence-electron chi connectivity index (χ1n) is 6.36. The monoisotopic (exact) mass is 233 g/mol. The predicted molar refractivity (Wildman–Crippen MR) is 66.4 cm³/mol. The molecule has 2 saturated heterocycles. The van der Waals surface area contributed by atoms with Gasteiger partial charge in [-0.15, -0.1) is 0 Å². The molecule has 0 saturated carbocycles. The highest BCUT2D eigenvalue weighted by molar-refractivity contribution is 5.27. The van der Waals surface area contributed by atoms with Crippen molar-refractivity contribution in [3.8, 4) is 5.75 Å². The lowest BCUT2D eigenvalue weighted by Gasteiger charge is -2.42. The Kier molecular flexibility index (Phi) is 3.04. The minimum absolute atomic E-state index is 0.359. The van der Waals surface area contributed by atoms with Gasteiger partial charge in [-0.25, -0.2) is 0 Å². The van der Waals surface area contributed by atoms with Gasteiger partial charge in [0.05, 0.1) is 6.61 Å².